The van der Waals surface area contributed by atoms with Crippen molar-refractivity contribution in [3.05, 3.63) is 24.4 Å². The number of rotatable bonds is 6. The Hall–Kier alpha value is -2.13. The van der Waals surface area contributed by atoms with Crippen molar-refractivity contribution >= 4 is 29.7 Å². The van der Waals surface area contributed by atoms with Gasteiger partial charge in [0.05, 0.1) is 10.3 Å². The largest absolute Gasteiger partial charge is 0.463 e. The van der Waals surface area contributed by atoms with E-state index in [1.165, 1.54) is 32.5 Å². The standard InChI is InChI=1S/C17H21NO7S/c1-10(19)22-9-13-17(24-12(3)21)14(8-16(25-13)23-11(2)20)26-15-6-4-5-7-18-15/h4-7,13-14,16-17H,8-9H2,1-3H3/t13-,14-,16+,17-/m1/s1. The molecule has 0 bridgehead atoms. The predicted molar refractivity (Wildman–Crippen MR) is 91.1 cm³/mol. The quantitative estimate of drug-likeness (QED) is 0.537. The Morgan fingerprint density at radius 1 is 1.15 bits per heavy atom. The van der Waals surface area contributed by atoms with Crippen molar-refractivity contribution < 1.29 is 33.3 Å². The van der Waals surface area contributed by atoms with Crippen LogP contribution in [0, 0.1) is 0 Å². The van der Waals surface area contributed by atoms with Gasteiger partial charge in [-0.3, -0.25) is 14.4 Å². The molecule has 8 nitrogen and oxygen atoms in total. The summed E-state index contributed by atoms with van der Waals surface area (Å²) in [5, 5.41) is 0.428. The fraction of sp³-hybridized carbons (Fsp3) is 0.529. The van der Waals surface area contributed by atoms with E-state index in [1.54, 1.807) is 12.3 Å². The van der Waals surface area contributed by atoms with Crippen molar-refractivity contribution in [3.63, 3.8) is 0 Å². The first-order chi connectivity index (χ1) is 12.3. The normalized spacial score (nSPS) is 25.2. The molecular formula is C17H21NO7S. The van der Waals surface area contributed by atoms with E-state index in [0.29, 0.717) is 6.42 Å². The van der Waals surface area contributed by atoms with Gasteiger partial charge >= 0.3 is 17.9 Å². The number of esters is 3. The lowest BCUT2D eigenvalue weighted by Gasteiger charge is -2.39. The second kappa shape index (κ2) is 9.54. The van der Waals surface area contributed by atoms with Crippen LogP contribution in [0.5, 0.6) is 0 Å². The van der Waals surface area contributed by atoms with Gasteiger partial charge in [0, 0.05) is 33.4 Å². The van der Waals surface area contributed by atoms with Crippen LogP contribution in [0.1, 0.15) is 27.2 Å². The number of thioether (sulfide) groups is 1. The third-order valence-electron chi connectivity index (χ3n) is 3.44. The van der Waals surface area contributed by atoms with Gasteiger partial charge in [-0.05, 0) is 12.1 Å². The predicted octanol–water partition coefficient (Wildman–Crippen LogP) is 1.72. The topological polar surface area (TPSA) is 101 Å². The van der Waals surface area contributed by atoms with Crippen molar-refractivity contribution in [2.45, 2.75) is 56.0 Å². The molecule has 1 saturated heterocycles. The summed E-state index contributed by atoms with van der Waals surface area (Å²) in [5.41, 5.74) is 0. The van der Waals surface area contributed by atoms with Crippen LogP contribution in [0.15, 0.2) is 29.4 Å². The number of carbonyl (C=O) groups is 3. The van der Waals surface area contributed by atoms with Gasteiger partial charge in [0.2, 0.25) is 6.29 Å². The van der Waals surface area contributed by atoms with E-state index in [0.717, 1.165) is 5.03 Å². The second-order valence-corrected chi connectivity index (χ2v) is 6.91. The lowest BCUT2D eigenvalue weighted by Crippen LogP contribution is -2.52. The third-order valence-corrected chi connectivity index (χ3v) is 4.69. The molecule has 0 saturated carbocycles. The van der Waals surface area contributed by atoms with Gasteiger partial charge in [0.15, 0.2) is 0 Å². The summed E-state index contributed by atoms with van der Waals surface area (Å²) < 4.78 is 21.3. The fourth-order valence-electron chi connectivity index (χ4n) is 2.52. The molecule has 0 N–H and O–H groups in total. The molecule has 0 spiro atoms. The zero-order valence-electron chi connectivity index (χ0n) is 14.7. The van der Waals surface area contributed by atoms with Crippen LogP contribution in [0.2, 0.25) is 0 Å². The van der Waals surface area contributed by atoms with E-state index in [2.05, 4.69) is 4.98 Å². The summed E-state index contributed by atoms with van der Waals surface area (Å²) in [6.07, 6.45) is -0.327. The van der Waals surface area contributed by atoms with Crippen LogP contribution in [0.4, 0.5) is 0 Å². The van der Waals surface area contributed by atoms with Crippen molar-refractivity contribution in [2.24, 2.45) is 0 Å². The second-order valence-electron chi connectivity index (χ2n) is 5.65. The molecule has 0 aromatic carbocycles. The van der Waals surface area contributed by atoms with Gasteiger partial charge in [0.25, 0.3) is 0 Å². The average Bonchev–Trinajstić information content (AvgIpc) is 2.55. The summed E-state index contributed by atoms with van der Waals surface area (Å²) in [4.78, 5) is 38.3. The highest BCUT2D eigenvalue weighted by molar-refractivity contribution is 7.99. The molecular weight excluding hydrogens is 362 g/mol. The maximum absolute atomic E-state index is 11.6. The van der Waals surface area contributed by atoms with Gasteiger partial charge in [-0.2, -0.15) is 0 Å². The van der Waals surface area contributed by atoms with Gasteiger partial charge in [-0.25, -0.2) is 4.98 Å². The molecule has 0 radical (unpaired) electrons. The number of ether oxygens (including phenoxy) is 4. The van der Waals surface area contributed by atoms with Crippen molar-refractivity contribution in [3.8, 4) is 0 Å². The highest BCUT2D eigenvalue weighted by atomic mass is 32.2. The summed E-state index contributed by atoms with van der Waals surface area (Å²) in [5.74, 6) is -1.46. The Morgan fingerprint density at radius 3 is 2.46 bits per heavy atom. The first kappa shape index (κ1) is 20.2. The summed E-state index contributed by atoms with van der Waals surface area (Å²) in [6.45, 7) is 3.73. The van der Waals surface area contributed by atoms with Crippen molar-refractivity contribution in [1.82, 2.24) is 4.98 Å². The monoisotopic (exact) mass is 383 g/mol. The number of carbonyl (C=O) groups excluding carboxylic acids is 3. The molecule has 2 heterocycles. The van der Waals surface area contributed by atoms with E-state index in [9.17, 15) is 14.4 Å². The van der Waals surface area contributed by atoms with Crippen LogP contribution >= 0.6 is 11.8 Å². The van der Waals surface area contributed by atoms with Crippen LogP contribution in [0.3, 0.4) is 0 Å². The molecule has 9 heteroatoms. The minimum atomic E-state index is -0.832. The Labute approximate surface area is 155 Å². The van der Waals surface area contributed by atoms with Gasteiger partial charge in [0.1, 0.15) is 18.8 Å². The smallest absolute Gasteiger partial charge is 0.304 e. The lowest BCUT2D eigenvalue weighted by atomic mass is 10.0. The molecule has 1 aromatic heterocycles. The molecule has 1 aromatic rings. The van der Waals surface area contributed by atoms with E-state index in [4.69, 9.17) is 18.9 Å². The number of pyridine rings is 1. The van der Waals surface area contributed by atoms with Crippen molar-refractivity contribution in [1.29, 1.82) is 0 Å². The SMILES string of the molecule is CC(=O)OC[C@H]1O[C@H](OC(C)=O)C[C@@H](Sc2ccccn2)[C@@H]1OC(C)=O. The maximum Gasteiger partial charge on any atom is 0.304 e. The zero-order chi connectivity index (χ0) is 19.1. The number of hydrogen-bond acceptors (Lipinski definition) is 9. The number of aromatic nitrogens is 1. The molecule has 4 atom stereocenters. The Balaban J connectivity index is 2.22. The lowest BCUT2D eigenvalue weighted by molar-refractivity contribution is -0.232. The number of hydrogen-bond donors (Lipinski definition) is 0. The van der Waals surface area contributed by atoms with Crippen LogP contribution in [-0.2, 0) is 33.3 Å². The minimum Gasteiger partial charge on any atom is -0.463 e. The summed E-state index contributed by atoms with van der Waals surface area (Å²) in [6, 6.07) is 5.46. The number of nitrogens with zero attached hydrogens (tertiary/aromatic N) is 1. The summed E-state index contributed by atoms with van der Waals surface area (Å²) >= 11 is 1.38. The Morgan fingerprint density at radius 2 is 1.88 bits per heavy atom. The van der Waals surface area contributed by atoms with Gasteiger partial charge in [-0.1, -0.05) is 17.8 Å². The van der Waals surface area contributed by atoms with Gasteiger partial charge < -0.3 is 18.9 Å². The molecule has 142 valence electrons. The molecule has 26 heavy (non-hydrogen) atoms. The summed E-state index contributed by atoms with van der Waals surface area (Å²) in [7, 11) is 0. The molecule has 0 unspecified atom stereocenters. The minimum absolute atomic E-state index is 0.121. The molecule has 2 rings (SSSR count). The van der Waals surface area contributed by atoms with Crippen LogP contribution in [-0.4, -0.2) is 53.2 Å². The zero-order valence-corrected chi connectivity index (χ0v) is 15.6. The van der Waals surface area contributed by atoms with Crippen molar-refractivity contribution in [2.75, 3.05) is 6.61 Å². The average molecular weight is 383 g/mol. The molecule has 1 fully saturated rings. The first-order valence-corrected chi connectivity index (χ1v) is 8.94. The molecule has 1 aliphatic rings. The maximum atomic E-state index is 11.6. The first-order valence-electron chi connectivity index (χ1n) is 8.06. The van der Waals surface area contributed by atoms with E-state index < -0.39 is 36.4 Å². The highest BCUT2D eigenvalue weighted by Gasteiger charge is 2.43. The van der Waals surface area contributed by atoms with E-state index >= 15 is 0 Å². The Kier molecular flexibility index (Phi) is 7.40. The van der Waals surface area contributed by atoms with Gasteiger partial charge in [-0.15, -0.1) is 0 Å². The van der Waals surface area contributed by atoms with E-state index in [-0.39, 0.29) is 11.9 Å². The third kappa shape index (κ3) is 6.30. The highest BCUT2D eigenvalue weighted by Crippen LogP contribution is 2.35. The molecule has 0 aliphatic carbocycles. The molecule has 1 aliphatic heterocycles. The van der Waals surface area contributed by atoms with Crippen LogP contribution in [0.25, 0.3) is 0 Å². The van der Waals surface area contributed by atoms with Crippen LogP contribution < -0.4 is 0 Å². The fourth-order valence-corrected chi connectivity index (χ4v) is 3.72. The van der Waals surface area contributed by atoms with E-state index in [1.807, 2.05) is 12.1 Å². The Bertz CT molecular complexity index is 639. The molecule has 0 amide bonds.